The second-order valence-electron chi connectivity index (χ2n) is 8.52. The summed E-state index contributed by atoms with van der Waals surface area (Å²) in [4.78, 5) is 53.8. The van der Waals surface area contributed by atoms with Crippen LogP contribution in [0.4, 0.5) is 0 Å². The minimum Gasteiger partial charge on any atom is -0.292 e. The third kappa shape index (κ3) is 4.38. The summed E-state index contributed by atoms with van der Waals surface area (Å²) in [5.74, 6) is -3.29. The predicted molar refractivity (Wildman–Crippen MR) is 130 cm³/mol. The molecule has 1 heterocycles. The summed E-state index contributed by atoms with van der Waals surface area (Å²) in [6, 6.07) is 9.25. The highest BCUT2D eigenvalue weighted by Gasteiger charge is 2.53. The van der Waals surface area contributed by atoms with E-state index in [1.165, 1.54) is 37.3 Å². The van der Waals surface area contributed by atoms with Crippen LogP contribution in [0, 0.1) is 11.8 Å². The molecule has 1 aliphatic carbocycles. The molecule has 0 bridgehead atoms. The Bertz CT molecular complexity index is 1230. The number of carbonyl (C=O) groups excluding carboxylic acids is 4. The first kappa shape index (κ1) is 24.5. The van der Waals surface area contributed by atoms with Gasteiger partial charge in [0.1, 0.15) is 6.04 Å². The van der Waals surface area contributed by atoms with Crippen LogP contribution in [-0.2, 0) is 9.59 Å². The smallest absolute Gasteiger partial charge is 0.273 e. The summed E-state index contributed by atoms with van der Waals surface area (Å²) in [5, 5.41) is 2.64. The third-order valence-corrected chi connectivity index (χ3v) is 7.26. The van der Waals surface area contributed by atoms with Crippen molar-refractivity contribution < 1.29 is 19.2 Å². The Kier molecular flexibility index (Phi) is 6.85. The molecule has 0 N–H and O–H groups in total. The van der Waals surface area contributed by atoms with Gasteiger partial charge in [0.05, 0.1) is 21.9 Å². The molecule has 176 valence electrons. The van der Waals surface area contributed by atoms with Crippen LogP contribution in [0.25, 0.3) is 0 Å². The van der Waals surface area contributed by atoms with E-state index in [9.17, 15) is 19.2 Å². The minimum atomic E-state index is -1.16. The normalized spacial score (nSPS) is 20.6. The predicted octanol–water partition coefficient (Wildman–Crippen LogP) is 5.62. The summed E-state index contributed by atoms with van der Waals surface area (Å²) in [5.41, 5.74) is 1.39. The molecule has 0 aromatic heterocycles. The van der Waals surface area contributed by atoms with Crippen LogP contribution in [0.15, 0.2) is 54.1 Å². The van der Waals surface area contributed by atoms with Gasteiger partial charge in [-0.05, 0) is 69.2 Å². The average molecular weight is 520 g/mol. The molecule has 0 unspecified atom stereocenters. The lowest BCUT2D eigenvalue weighted by atomic mass is 9.82. The van der Waals surface area contributed by atoms with Gasteiger partial charge >= 0.3 is 0 Å². The first-order valence-electron chi connectivity index (χ1n) is 10.7. The first-order valence-corrected chi connectivity index (χ1v) is 11.8. The molecule has 0 spiro atoms. The van der Waals surface area contributed by atoms with Gasteiger partial charge in [-0.2, -0.15) is 5.01 Å². The van der Waals surface area contributed by atoms with Gasteiger partial charge in [-0.15, -0.1) is 0 Å². The fourth-order valence-corrected chi connectivity index (χ4v) is 4.82. The van der Waals surface area contributed by atoms with Gasteiger partial charge < -0.3 is 0 Å². The van der Waals surface area contributed by atoms with Gasteiger partial charge in [0.15, 0.2) is 5.78 Å². The average Bonchev–Trinajstić information content (AvgIpc) is 3.05. The van der Waals surface area contributed by atoms with Crippen molar-refractivity contribution in [2.75, 3.05) is 0 Å². The van der Waals surface area contributed by atoms with Gasteiger partial charge in [-0.1, -0.05) is 46.5 Å². The number of ketones is 1. The zero-order chi connectivity index (χ0) is 24.7. The van der Waals surface area contributed by atoms with E-state index in [2.05, 4.69) is 0 Å². The Morgan fingerprint density at radius 3 is 2.21 bits per heavy atom. The number of fused-ring (bicyclic) bond motifs is 1. The Labute approximate surface area is 212 Å². The number of halogens is 3. The van der Waals surface area contributed by atoms with E-state index in [-0.39, 0.29) is 21.2 Å². The van der Waals surface area contributed by atoms with E-state index in [1.54, 1.807) is 12.1 Å². The SMILES string of the molecule is CC1=CC[C@@H]2C(=O)N(N(C(=O)c3ccc(Cl)c(Cl)c3)[C@H](C)C(=O)c3ccc(Cl)cc3)C(=O)[C@H]2C1. The Balaban J connectivity index is 1.76. The van der Waals surface area contributed by atoms with E-state index >= 15 is 0 Å². The van der Waals surface area contributed by atoms with Crippen molar-refractivity contribution in [1.29, 1.82) is 0 Å². The van der Waals surface area contributed by atoms with E-state index in [0.29, 0.717) is 17.9 Å². The molecular formula is C25H21Cl3N2O4. The first-order chi connectivity index (χ1) is 16.1. The maximum atomic E-state index is 13.7. The van der Waals surface area contributed by atoms with E-state index < -0.39 is 41.4 Å². The second kappa shape index (κ2) is 9.53. The zero-order valence-electron chi connectivity index (χ0n) is 18.4. The van der Waals surface area contributed by atoms with Gasteiger partial charge in [-0.25, -0.2) is 5.01 Å². The molecule has 2 aromatic carbocycles. The van der Waals surface area contributed by atoms with Crippen LogP contribution in [0.1, 0.15) is 47.4 Å². The molecular weight excluding hydrogens is 499 g/mol. The number of carbonyl (C=O) groups is 4. The monoisotopic (exact) mass is 518 g/mol. The van der Waals surface area contributed by atoms with Crippen molar-refractivity contribution in [2.24, 2.45) is 11.8 Å². The molecule has 2 aromatic rings. The second-order valence-corrected chi connectivity index (χ2v) is 9.77. The van der Waals surface area contributed by atoms with Gasteiger partial charge in [0.25, 0.3) is 17.7 Å². The lowest BCUT2D eigenvalue weighted by Gasteiger charge is -2.34. The highest BCUT2D eigenvalue weighted by atomic mass is 35.5. The highest BCUT2D eigenvalue weighted by Crippen LogP contribution is 2.39. The van der Waals surface area contributed by atoms with E-state index in [4.69, 9.17) is 34.8 Å². The molecule has 3 amide bonds. The van der Waals surface area contributed by atoms with E-state index in [1.807, 2.05) is 13.0 Å². The fourth-order valence-electron chi connectivity index (χ4n) is 4.40. The molecule has 6 nitrogen and oxygen atoms in total. The lowest BCUT2D eigenvalue weighted by molar-refractivity contribution is -0.156. The molecule has 9 heteroatoms. The molecule has 1 fully saturated rings. The number of rotatable bonds is 5. The molecule has 34 heavy (non-hydrogen) atoms. The van der Waals surface area contributed by atoms with Gasteiger partial charge in [0, 0.05) is 16.1 Å². The van der Waals surface area contributed by atoms with Crippen LogP contribution >= 0.6 is 34.8 Å². The van der Waals surface area contributed by atoms with Crippen molar-refractivity contribution in [1.82, 2.24) is 10.0 Å². The maximum absolute atomic E-state index is 13.7. The third-order valence-electron chi connectivity index (χ3n) is 6.26. The highest BCUT2D eigenvalue weighted by molar-refractivity contribution is 6.42. The van der Waals surface area contributed by atoms with Crippen molar-refractivity contribution in [3.63, 3.8) is 0 Å². The number of allylic oxidation sites excluding steroid dienone is 2. The van der Waals surface area contributed by atoms with Crippen molar-refractivity contribution >= 4 is 58.3 Å². The number of hydrogen-bond donors (Lipinski definition) is 0. The van der Waals surface area contributed by atoms with Crippen molar-refractivity contribution in [3.05, 3.63) is 80.3 Å². The summed E-state index contributed by atoms with van der Waals surface area (Å²) >= 11 is 18.0. The summed E-state index contributed by atoms with van der Waals surface area (Å²) in [7, 11) is 0. The summed E-state index contributed by atoms with van der Waals surface area (Å²) < 4.78 is 0. The number of imide groups is 1. The van der Waals surface area contributed by atoms with Crippen LogP contribution in [0.3, 0.4) is 0 Å². The Morgan fingerprint density at radius 2 is 1.56 bits per heavy atom. The topological polar surface area (TPSA) is 74.8 Å². The van der Waals surface area contributed by atoms with Crippen LogP contribution < -0.4 is 0 Å². The van der Waals surface area contributed by atoms with Crippen LogP contribution in [0.5, 0.6) is 0 Å². The van der Waals surface area contributed by atoms with Crippen LogP contribution in [0.2, 0.25) is 15.1 Å². The largest absolute Gasteiger partial charge is 0.292 e. The van der Waals surface area contributed by atoms with Gasteiger partial charge in [-0.3, -0.25) is 19.2 Å². The maximum Gasteiger partial charge on any atom is 0.273 e. The van der Waals surface area contributed by atoms with Gasteiger partial charge in [0.2, 0.25) is 0 Å². The number of hydrogen-bond acceptors (Lipinski definition) is 4. The summed E-state index contributed by atoms with van der Waals surface area (Å²) in [6.45, 7) is 3.39. The molecule has 3 atom stereocenters. The van der Waals surface area contributed by atoms with Crippen LogP contribution in [-0.4, -0.2) is 39.6 Å². The Morgan fingerprint density at radius 1 is 0.941 bits per heavy atom. The number of amides is 3. The van der Waals surface area contributed by atoms with Crippen molar-refractivity contribution in [2.45, 2.75) is 32.7 Å². The fraction of sp³-hybridized carbons (Fsp3) is 0.280. The quantitative estimate of drug-likeness (QED) is 0.292. The number of benzene rings is 2. The molecule has 0 radical (unpaired) electrons. The zero-order valence-corrected chi connectivity index (χ0v) is 20.7. The molecule has 1 saturated heterocycles. The van der Waals surface area contributed by atoms with Crippen molar-refractivity contribution in [3.8, 4) is 0 Å². The molecule has 1 aliphatic heterocycles. The minimum absolute atomic E-state index is 0.0925. The Hall–Kier alpha value is -2.67. The molecule has 2 aliphatic rings. The van der Waals surface area contributed by atoms with E-state index in [0.717, 1.165) is 15.6 Å². The lowest BCUT2D eigenvalue weighted by Crippen LogP contribution is -2.56. The molecule has 4 rings (SSSR count). The number of Topliss-reactive ketones (excluding diaryl/α,β-unsaturated/α-hetero) is 1. The summed E-state index contributed by atoms with van der Waals surface area (Å²) in [6.07, 6.45) is 2.77. The number of hydrazine groups is 1. The standard InChI is InChI=1S/C25H21Cl3N2O4/c1-13-3-9-18-19(11-13)25(34)30(24(18)33)29(23(32)16-6-10-20(27)21(28)12-16)14(2)22(31)15-4-7-17(26)8-5-15/h3-8,10,12,14,18-19H,9,11H2,1-2H3/t14-,18+,19+/m1/s1. The molecule has 0 saturated carbocycles. The number of nitrogens with zero attached hydrogens (tertiary/aromatic N) is 2.